The van der Waals surface area contributed by atoms with E-state index >= 15 is 0 Å². The Bertz CT molecular complexity index is 681. The van der Waals surface area contributed by atoms with Gasteiger partial charge in [-0.1, -0.05) is 63.7 Å². The fourth-order valence-corrected chi connectivity index (χ4v) is 4.37. The lowest BCUT2D eigenvalue weighted by Crippen LogP contribution is -2.34. The molecule has 0 aliphatic heterocycles. The van der Waals surface area contributed by atoms with Crippen LogP contribution in [0.1, 0.15) is 57.2 Å². The molecule has 22 heavy (non-hydrogen) atoms. The van der Waals surface area contributed by atoms with Gasteiger partial charge in [0.25, 0.3) is 0 Å². The second-order valence-electron chi connectivity index (χ2n) is 7.85. The molecule has 0 atom stereocenters. The fraction of sp³-hybridized carbons (Fsp3) is 0.429. The second kappa shape index (κ2) is 5.45. The zero-order valence-corrected chi connectivity index (χ0v) is 15.2. The van der Waals surface area contributed by atoms with Gasteiger partial charge in [0.2, 0.25) is 0 Å². The van der Waals surface area contributed by atoms with Crippen molar-refractivity contribution in [3.8, 4) is 0 Å². The Morgan fingerprint density at radius 3 is 1.95 bits per heavy atom. The minimum absolute atomic E-state index is 0.282. The molecule has 1 heteroatoms. The third-order valence-corrected chi connectivity index (χ3v) is 6.29. The molecule has 0 N–H and O–H groups in total. The van der Waals surface area contributed by atoms with Gasteiger partial charge in [-0.05, 0) is 65.5 Å². The zero-order valence-electron chi connectivity index (χ0n) is 14.4. The van der Waals surface area contributed by atoms with E-state index in [1.54, 1.807) is 11.1 Å². The number of fused-ring (bicyclic) bond motifs is 1. The highest BCUT2D eigenvalue weighted by Gasteiger charge is 2.37. The standard InChI is InChI=1S/C21H26S/c1-15-13-17-18(21(4,5)12-11-20(17,2)3)14-19(15)22-16-9-7-6-8-10-16/h6-10,13-14H,11-12H2,1-5H3. The summed E-state index contributed by atoms with van der Waals surface area (Å²) in [5.74, 6) is 0. The van der Waals surface area contributed by atoms with Gasteiger partial charge in [0.1, 0.15) is 0 Å². The minimum Gasteiger partial charge on any atom is -0.0898 e. The van der Waals surface area contributed by atoms with Gasteiger partial charge in [-0.3, -0.25) is 0 Å². The van der Waals surface area contributed by atoms with E-state index < -0.39 is 0 Å². The molecular weight excluding hydrogens is 284 g/mol. The molecule has 2 aromatic rings. The molecular formula is C21H26S. The van der Waals surface area contributed by atoms with Gasteiger partial charge >= 0.3 is 0 Å². The first-order valence-electron chi connectivity index (χ1n) is 8.18. The predicted octanol–water partition coefficient (Wildman–Crippen LogP) is 6.50. The van der Waals surface area contributed by atoms with Crippen LogP contribution >= 0.6 is 11.8 Å². The summed E-state index contributed by atoms with van der Waals surface area (Å²) in [6, 6.07) is 15.6. The summed E-state index contributed by atoms with van der Waals surface area (Å²) in [5, 5.41) is 0. The van der Waals surface area contributed by atoms with E-state index in [1.807, 2.05) is 11.8 Å². The summed E-state index contributed by atoms with van der Waals surface area (Å²) < 4.78 is 0. The maximum absolute atomic E-state index is 2.46. The van der Waals surface area contributed by atoms with Crippen LogP contribution in [0.2, 0.25) is 0 Å². The average molecular weight is 311 g/mol. The van der Waals surface area contributed by atoms with Gasteiger partial charge < -0.3 is 0 Å². The molecule has 0 fully saturated rings. The third kappa shape index (κ3) is 2.84. The van der Waals surface area contributed by atoms with Gasteiger partial charge in [-0.2, -0.15) is 0 Å². The average Bonchev–Trinajstić information content (AvgIpc) is 2.47. The van der Waals surface area contributed by atoms with Crippen molar-refractivity contribution in [3.05, 3.63) is 59.2 Å². The fourth-order valence-electron chi connectivity index (χ4n) is 3.43. The largest absolute Gasteiger partial charge is 0.0898 e. The van der Waals surface area contributed by atoms with Crippen molar-refractivity contribution in [2.24, 2.45) is 0 Å². The van der Waals surface area contributed by atoms with E-state index in [1.165, 1.54) is 28.2 Å². The van der Waals surface area contributed by atoms with E-state index in [2.05, 4.69) is 77.1 Å². The number of aryl methyl sites for hydroxylation is 1. The smallest absolute Gasteiger partial charge is 0.0154 e. The molecule has 0 spiro atoms. The van der Waals surface area contributed by atoms with Gasteiger partial charge in [0.05, 0.1) is 0 Å². The van der Waals surface area contributed by atoms with Crippen LogP contribution in [0, 0.1) is 6.92 Å². The van der Waals surface area contributed by atoms with Crippen LogP contribution in [-0.4, -0.2) is 0 Å². The van der Waals surface area contributed by atoms with E-state index in [9.17, 15) is 0 Å². The number of benzene rings is 2. The van der Waals surface area contributed by atoms with Gasteiger partial charge in [0, 0.05) is 9.79 Å². The monoisotopic (exact) mass is 310 g/mol. The summed E-state index contributed by atoms with van der Waals surface area (Å²) in [6.45, 7) is 11.8. The van der Waals surface area contributed by atoms with Gasteiger partial charge in [0.15, 0.2) is 0 Å². The van der Waals surface area contributed by atoms with Crippen LogP contribution in [0.5, 0.6) is 0 Å². The lowest BCUT2D eigenvalue weighted by atomic mass is 9.63. The van der Waals surface area contributed by atoms with Crippen LogP contribution < -0.4 is 0 Å². The first-order chi connectivity index (χ1) is 10.3. The van der Waals surface area contributed by atoms with Crippen molar-refractivity contribution in [2.75, 3.05) is 0 Å². The van der Waals surface area contributed by atoms with E-state index in [0.717, 1.165) is 0 Å². The Hall–Kier alpha value is -1.21. The number of hydrogen-bond donors (Lipinski definition) is 0. The van der Waals surface area contributed by atoms with Crippen LogP contribution in [0.25, 0.3) is 0 Å². The van der Waals surface area contributed by atoms with Crippen molar-refractivity contribution in [1.82, 2.24) is 0 Å². The molecule has 2 aromatic carbocycles. The molecule has 0 amide bonds. The van der Waals surface area contributed by atoms with E-state index in [4.69, 9.17) is 0 Å². The molecule has 0 heterocycles. The summed E-state index contributed by atoms with van der Waals surface area (Å²) in [6.07, 6.45) is 2.54. The van der Waals surface area contributed by atoms with E-state index in [0.29, 0.717) is 5.41 Å². The molecule has 0 saturated heterocycles. The Morgan fingerprint density at radius 1 is 0.818 bits per heavy atom. The van der Waals surface area contributed by atoms with Crippen molar-refractivity contribution >= 4 is 11.8 Å². The minimum atomic E-state index is 0.282. The summed E-state index contributed by atoms with van der Waals surface area (Å²) in [4.78, 5) is 2.72. The highest BCUT2D eigenvalue weighted by molar-refractivity contribution is 7.99. The maximum Gasteiger partial charge on any atom is 0.0154 e. The van der Waals surface area contributed by atoms with Crippen LogP contribution in [0.15, 0.2) is 52.3 Å². The first-order valence-corrected chi connectivity index (χ1v) is 9.00. The Kier molecular flexibility index (Phi) is 3.89. The number of rotatable bonds is 2. The molecule has 3 rings (SSSR count). The summed E-state index contributed by atoms with van der Waals surface area (Å²) >= 11 is 1.89. The van der Waals surface area contributed by atoms with Gasteiger partial charge in [-0.25, -0.2) is 0 Å². The number of hydrogen-bond acceptors (Lipinski definition) is 1. The first kappa shape index (κ1) is 15.7. The molecule has 0 bridgehead atoms. The quantitative estimate of drug-likeness (QED) is 0.610. The Balaban J connectivity index is 2.08. The van der Waals surface area contributed by atoms with Crippen LogP contribution in [-0.2, 0) is 10.8 Å². The molecule has 1 aliphatic rings. The van der Waals surface area contributed by atoms with Crippen molar-refractivity contribution in [2.45, 2.75) is 68.1 Å². The molecule has 0 unspecified atom stereocenters. The predicted molar refractivity (Wildman–Crippen MR) is 97.0 cm³/mol. The molecule has 0 nitrogen and oxygen atoms in total. The van der Waals surface area contributed by atoms with Crippen molar-refractivity contribution in [1.29, 1.82) is 0 Å². The SMILES string of the molecule is Cc1cc2c(cc1Sc1ccccc1)C(C)(C)CCC2(C)C. The topological polar surface area (TPSA) is 0 Å². The van der Waals surface area contributed by atoms with Crippen LogP contribution in [0.4, 0.5) is 0 Å². The normalized spacial score (nSPS) is 18.8. The lowest BCUT2D eigenvalue weighted by molar-refractivity contribution is 0.331. The molecule has 0 saturated carbocycles. The second-order valence-corrected chi connectivity index (χ2v) is 8.96. The molecule has 1 aliphatic carbocycles. The Morgan fingerprint density at radius 2 is 1.36 bits per heavy atom. The molecule has 116 valence electrons. The zero-order chi connectivity index (χ0) is 16.0. The Labute approximate surface area is 139 Å². The van der Waals surface area contributed by atoms with Crippen molar-refractivity contribution < 1.29 is 0 Å². The lowest BCUT2D eigenvalue weighted by Gasteiger charge is -2.42. The van der Waals surface area contributed by atoms with Gasteiger partial charge in [-0.15, -0.1) is 0 Å². The maximum atomic E-state index is 2.46. The third-order valence-electron chi connectivity index (χ3n) is 5.12. The summed E-state index contributed by atoms with van der Waals surface area (Å²) in [7, 11) is 0. The summed E-state index contributed by atoms with van der Waals surface area (Å²) in [5.41, 5.74) is 5.08. The van der Waals surface area contributed by atoms with E-state index in [-0.39, 0.29) is 5.41 Å². The highest BCUT2D eigenvalue weighted by atomic mass is 32.2. The highest BCUT2D eigenvalue weighted by Crippen LogP contribution is 2.48. The molecule has 0 aromatic heterocycles. The molecule has 0 radical (unpaired) electrons. The van der Waals surface area contributed by atoms with Crippen LogP contribution in [0.3, 0.4) is 0 Å². The van der Waals surface area contributed by atoms with Crippen molar-refractivity contribution in [3.63, 3.8) is 0 Å².